The standard InChI is InChI=1S/C22H34N4O4/c1-14-18(15(2)30-24-14)7-9-25-12-16-11-17(13-25)21(22(28)23-8-10-29-3)26-19(16)5-4-6-20(26)27/h16-17,19,21H,4-13H2,1-3H3,(H,23,28)/t16-,17+,19-,21+/m0/s1. The summed E-state index contributed by atoms with van der Waals surface area (Å²) in [5.74, 6) is 1.64. The fourth-order valence-electron chi connectivity index (χ4n) is 5.78. The Hall–Kier alpha value is -1.93. The topological polar surface area (TPSA) is 87.9 Å². The van der Waals surface area contributed by atoms with E-state index in [1.807, 2.05) is 18.7 Å². The maximum atomic E-state index is 13.1. The average molecular weight is 419 g/mol. The zero-order chi connectivity index (χ0) is 21.3. The van der Waals surface area contributed by atoms with Crippen molar-refractivity contribution in [2.75, 3.05) is 39.9 Å². The van der Waals surface area contributed by atoms with E-state index in [1.54, 1.807) is 7.11 Å². The Morgan fingerprint density at radius 3 is 2.83 bits per heavy atom. The molecule has 30 heavy (non-hydrogen) atoms. The highest BCUT2D eigenvalue weighted by Crippen LogP contribution is 2.41. The lowest BCUT2D eigenvalue weighted by molar-refractivity contribution is -0.160. The molecule has 8 nitrogen and oxygen atoms in total. The summed E-state index contributed by atoms with van der Waals surface area (Å²) in [6, 6.07) is -0.180. The first-order chi connectivity index (χ1) is 14.5. The highest BCUT2D eigenvalue weighted by molar-refractivity contribution is 5.89. The highest BCUT2D eigenvalue weighted by atomic mass is 16.5. The molecule has 1 aromatic heterocycles. The van der Waals surface area contributed by atoms with E-state index in [0.717, 1.165) is 56.8 Å². The summed E-state index contributed by atoms with van der Waals surface area (Å²) < 4.78 is 10.4. The van der Waals surface area contributed by atoms with Gasteiger partial charge in [0.1, 0.15) is 11.8 Å². The SMILES string of the molecule is COCCNC(=O)[C@H]1[C@@H]2C[C@@H](CN(CCc3c(C)noc3C)C2)[C@@H]2CCCC(=O)N21. The first kappa shape index (κ1) is 21.3. The van der Waals surface area contributed by atoms with Gasteiger partial charge in [-0.05, 0) is 45.4 Å². The minimum Gasteiger partial charge on any atom is -0.383 e. The molecule has 3 aliphatic rings. The van der Waals surface area contributed by atoms with Gasteiger partial charge in [-0.3, -0.25) is 9.59 Å². The lowest BCUT2D eigenvalue weighted by atomic mass is 9.71. The van der Waals surface area contributed by atoms with Gasteiger partial charge in [-0.1, -0.05) is 5.16 Å². The number of fused-ring (bicyclic) bond motifs is 4. The van der Waals surface area contributed by atoms with Crippen LogP contribution in [0.4, 0.5) is 0 Å². The van der Waals surface area contributed by atoms with Crippen LogP contribution in [-0.2, 0) is 20.7 Å². The van der Waals surface area contributed by atoms with Crippen molar-refractivity contribution in [1.29, 1.82) is 0 Å². The predicted octanol–water partition coefficient (Wildman–Crippen LogP) is 1.30. The molecule has 0 spiro atoms. The molecule has 0 saturated carbocycles. The van der Waals surface area contributed by atoms with Crippen LogP contribution in [-0.4, -0.2) is 78.8 Å². The van der Waals surface area contributed by atoms with Crippen LogP contribution in [0.2, 0.25) is 0 Å². The van der Waals surface area contributed by atoms with Gasteiger partial charge in [-0.2, -0.15) is 0 Å². The predicted molar refractivity (Wildman–Crippen MR) is 111 cm³/mol. The second-order valence-corrected chi connectivity index (χ2v) is 9.06. The summed E-state index contributed by atoms with van der Waals surface area (Å²) in [5.41, 5.74) is 2.15. The van der Waals surface area contributed by atoms with E-state index >= 15 is 0 Å². The third-order valence-electron chi connectivity index (χ3n) is 7.15. The van der Waals surface area contributed by atoms with E-state index in [4.69, 9.17) is 9.26 Å². The van der Waals surface area contributed by atoms with Gasteiger partial charge in [0, 0.05) is 57.2 Å². The van der Waals surface area contributed by atoms with Gasteiger partial charge in [0.2, 0.25) is 11.8 Å². The van der Waals surface area contributed by atoms with Crippen molar-refractivity contribution >= 4 is 11.8 Å². The van der Waals surface area contributed by atoms with Gasteiger partial charge in [0.15, 0.2) is 0 Å². The Kier molecular flexibility index (Phi) is 6.43. The summed E-state index contributed by atoms with van der Waals surface area (Å²) in [6.45, 7) is 7.67. The van der Waals surface area contributed by atoms with Crippen LogP contribution in [0.15, 0.2) is 4.52 Å². The molecule has 4 atom stereocenters. The number of carbonyl (C=O) groups is 2. The van der Waals surface area contributed by atoms with Crippen LogP contribution in [0.1, 0.15) is 42.7 Å². The molecule has 1 aromatic rings. The molecular weight excluding hydrogens is 384 g/mol. The van der Waals surface area contributed by atoms with Gasteiger partial charge in [0.05, 0.1) is 12.3 Å². The Morgan fingerprint density at radius 1 is 1.30 bits per heavy atom. The fraction of sp³-hybridized carbons (Fsp3) is 0.773. The molecular formula is C22H34N4O4. The maximum Gasteiger partial charge on any atom is 0.243 e. The van der Waals surface area contributed by atoms with Crippen molar-refractivity contribution < 1.29 is 18.8 Å². The lowest BCUT2D eigenvalue weighted by Crippen LogP contribution is -2.68. The summed E-state index contributed by atoms with van der Waals surface area (Å²) in [5, 5.41) is 7.07. The first-order valence-electron chi connectivity index (χ1n) is 11.2. The number of likely N-dealkylation sites (tertiary alicyclic amines) is 1. The maximum absolute atomic E-state index is 13.1. The second kappa shape index (κ2) is 9.06. The number of nitrogens with one attached hydrogen (secondary N) is 1. The number of ether oxygens (including phenoxy) is 1. The van der Waals surface area contributed by atoms with E-state index in [1.165, 1.54) is 5.56 Å². The number of rotatable bonds is 7. The molecule has 0 aliphatic carbocycles. The minimum atomic E-state index is -0.363. The Bertz CT molecular complexity index is 760. The summed E-state index contributed by atoms with van der Waals surface area (Å²) in [7, 11) is 1.62. The number of carbonyl (C=O) groups excluding carboxylic acids is 2. The zero-order valence-corrected chi connectivity index (χ0v) is 18.4. The van der Waals surface area contributed by atoms with Crippen LogP contribution < -0.4 is 5.32 Å². The molecule has 3 fully saturated rings. The smallest absolute Gasteiger partial charge is 0.243 e. The summed E-state index contributed by atoms with van der Waals surface area (Å²) in [4.78, 5) is 30.4. The average Bonchev–Trinajstić information content (AvgIpc) is 3.05. The van der Waals surface area contributed by atoms with Gasteiger partial charge in [-0.25, -0.2) is 0 Å². The number of amides is 2. The number of methoxy groups -OCH3 is 1. The monoisotopic (exact) mass is 418 g/mol. The van der Waals surface area contributed by atoms with Gasteiger partial charge >= 0.3 is 0 Å². The Morgan fingerprint density at radius 2 is 2.10 bits per heavy atom. The van der Waals surface area contributed by atoms with Gasteiger partial charge in [0.25, 0.3) is 0 Å². The number of aromatic nitrogens is 1. The minimum absolute atomic E-state index is 0.0247. The van der Waals surface area contributed by atoms with Crippen LogP contribution >= 0.6 is 0 Å². The van der Waals surface area contributed by atoms with E-state index in [9.17, 15) is 9.59 Å². The number of hydrogen-bond acceptors (Lipinski definition) is 6. The molecule has 0 aromatic carbocycles. The third kappa shape index (κ3) is 4.12. The van der Waals surface area contributed by atoms with Crippen LogP contribution in [0.25, 0.3) is 0 Å². The quantitative estimate of drug-likeness (QED) is 0.672. The number of nitrogens with zero attached hydrogens (tertiary/aromatic N) is 3. The van der Waals surface area contributed by atoms with Crippen molar-refractivity contribution in [2.45, 2.75) is 58.0 Å². The number of piperidine rings is 3. The van der Waals surface area contributed by atoms with Crippen LogP contribution in [0.5, 0.6) is 0 Å². The fourth-order valence-corrected chi connectivity index (χ4v) is 5.78. The molecule has 3 aliphatic heterocycles. The molecule has 4 heterocycles. The van der Waals surface area contributed by atoms with Crippen molar-refractivity contribution in [2.24, 2.45) is 11.8 Å². The van der Waals surface area contributed by atoms with E-state index in [-0.39, 0.29) is 29.8 Å². The normalized spacial score (nSPS) is 29.0. The van der Waals surface area contributed by atoms with Crippen molar-refractivity contribution in [3.63, 3.8) is 0 Å². The van der Waals surface area contributed by atoms with Crippen LogP contribution in [0, 0.1) is 25.7 Å². The largest absolute Gasteiger partial charge is 0.383 e. The molecule has 8 heteroatoms. The van der Waals surface area contributed by atoms with Crippen molar-refractivity contribution in [3.05, 3.63) is 17.0 Å². The first-order valence-corrected chi connectivity index (χ1v) is 11.2. The summed E-state index contributed by atoms with van der Waals surface area (Å²) >= 11 is 0. The number of aryl methyl sites for hydroxylation is 2. The molecule has 2 bridgehead atoms. The lowest BCUT2D eigenvalue weighted by Gasteiger charge is -2.56. The number of hydrogen-bond donors (Lipinski definition) is 1. The molecule has 1 N–H and O–H groups in total. The van der Waals surface area contributed by atoms with Gasteiger partial charge < -0.3 is 24.4 Å². The molecule has 3 saturated heterocycles. The second-order valence-electron chi connectivity index (χ2n) is 9.06. The molecule has 4 rings (SSSR count). The molecule has 0 radical (unpaired) electrons. The van der Waals surface area contributed by atoms with Crippen molar-refractivity contribution in [3.8, 4) is 0 Å². The van der Waals surface area contributed by atoms with E-state index in [0.29, 0.717) is 25.5 Å². The zero-order valence-electron chi connectivity index (χ0n) is 18.4. The highest BCUT2D eigenvalue weighted by Gasteiger charge is 2.51. The summed E-state index contributed by atoms with van der Waals surface area (Å²) in [6.07, 6.45) is 4.42. The van der Waals surface area contributed by atoms with Crippen LogP contribution in [0.3, 0.4) is 0 Å². The Balaban J connectivity index is 1.49. The Labute approximate surface area is 178 Å². The van der Waals surface area contributed by atoms with E-state index < -0.39 is 0 Å². The molecule has 166 valence electrons. The third-order valence-corrected chi connectivity index (χ3v) is 7.15. The molecule has 2 amide bonds. The van der Waals surface area contributed by atoms with E-state index in [2.05, 4.69) is 15.4 Å². The molecule has 0 unspecified atom stereocenters. The van der Waals surface area contributed by atoms with Crippen molar-refractivity contribution in [1.82, 2.24) is 20.3 Å². The van der Waals surface area contributed by atoms with Gasteiger partial charge in [-0.15, -0.1) is 0 Å².